The summed E-state index contributed by atoms with van der Waals surface area (Å²) < 4.78 is 45.3. The van der Waals surface area contributed by atoms with Gasteiger partial charge < -0.3 is 45.7 Å². The summed E-state index contributed by atoms with van der Waals surface area (Å²) in [7, 11) is 1.41. The quantitative estimate of drug-likeness (QED) is 0.0576. The van der Waals surface area contributed by atoms with Crippen LogP contribution in [0, 0.1) is 0 Å². The number of carboxylic acid groups (broad SMARTS) is 1. The number of alkyl halides is 3. The molecule has 4 aromatic heterocycles. The number of carbonyl (C=O) groups is 4. The van der Waals surface area contributed by atoms with Gasteiger partial charge in [-0.2, -0.15) is 18.3 Å². The number of carbonyl (C=O) groups excluding carboxylic acids is 3. The van der Waals surface area contributed by atoms with E-state index in [1.165, 1.54) is 42.1 Å². The maximum Gasteiger partial charge on any atom is 0.435 e. The minimum absolute atomic E-state index is 0.0163. The van der Waals surface area contributed by atoms with Crippen LogP contribution in [0.25, 0.3) is 28.1 Å². The number of piperazine rings is 1. The molecule has 21 heteroatoms. The molecule has 3 amide bonds. The zero-order valence-corrected chi connectivity index (χ0v) is 35.1. The molecule has 0 unspecified atom stereocenters. The highest BCUT2D eigenvalue weighted by Crippen LogP contribution is 2.37. The van der Waals surface area contributed by atoms with Gasteiger partial charge in [-0.05, 0) is 75.2 Å². The predicted molar refractivity (Wildman–Crippen MR) is 225 cm³/mol. The first kappa shape index (κ1) is 45.7. The number of aromatic amines is 1. The molecule has 0 atom stereocenters. The summed E-state index contributed by atoms with van der Waals surface area (Å²) in [4.78, 5) is 66.8. The number of aromatic nitrogens is 6. The zero-order valence-electron chi connectivity index (χ0n) is 34.3. The molecular weight excluding hydrogens is 833 g/mol. The third kappa shape index (κ3) is 10.8. The number of hydrogen-bond acceptors (Lipinski definition) is 9. The van der Waals surface area contributed by atoms with E-state index in [4.69, 9.17) is 23.1 Å². The molecule has 17 nitrogen and oxygen atoms in total. The number of pyridine rings is 1. The van der Waals surface area contributed by atoms with E-state index >= 15 is 0 Å². The number of amides is 3. The van der Waals surface area contributed by atoms with Crippen molar-refractivity contribution in [2.75, 3.05) is 70.8 Å². The van der Waals surface area contributed by atoms with Gasteiger partial charge in [0.2, 0.25) is 5.91 Å². The number of H-pyrrole nitrogens is 1. The number of hydrogen-bond donors (Lipinski definition) is 5. The fraction of sp³-hybridized carbons (Fsp3) is 0.439. The lowest BCUT2D eigenvalue weighted by Gasteiger charge is -2.38. The van der Waals surface area contributed by atoms with Gasteiger partial charge in [-0.1, -0.05) is 11.6 Å². The van der Waals surface area contributed by atoms with E-state index in [2.05, 4.69) is 25.4 Å². The molecule has 7 N–H and O–H groups in total. The van der Waals surface area contributed by atoms with Gasteiger partial charge in [0.25, 0.3) is 11.8 Å². The number of imidazole rings is 1. The maximum absolute atomic E-state index is 14.2. The average molecular weight is 884 g/mol. The van der Waals surface area contributed by atoms with Gasteiger partial charge in [0.05, 0.1) is 58.7 Å². The Bertz CT molecular complexity index is 2380. The average Bonchev–Trinajstić information content (AvgIpc) is 3.99. The Labute approximate surface area is 360 Å². The smallest absolute Gasteiger partial charge is 0.435 e. The minimum atomic E-state index is -4.83. The maximum atomic E-state index is 14.2. The normalized spacial score (nSPS) is 13.5. The van der Waals surface area contributed by atoms with E-state index < -0.39 is 23.7 Å². The van der Waals surface area contributed by atoms with Gasteiger partial charge in [-0.3, -0.25) is 14.4 Å². The Kier molecular flexibility index (Phi) is 14.7. The van der Waals surface area contributed by atoms with Gasteiger partial charge in [0, 0.05) is 64.1 Å². The summed E-state index contributed by atoms with van der Waals surface area (Å²) in [6.07, 6.45) is 3.11. The first-order valence-electron chi connectivity index (χ1n) is 20.4. The standard InChI is InChI=1S/C41H50ClF3N12O5/c1-53-33(29-25-56(52-37(29)41(43,44)45)34-11-10-31-32(51-34)12-15-48-31)24-49-38(53)39(61)50-27-8-9-28(30(42)23-27)40(62)55-18-16-54(17-19-55)35(58)7-6-22-57(26-36(59)60,20-4-2-13-46)21-5-3-14-47/h8-12,15,23-25H,2-7,13-14,16-22,26,46-47H2,1H3,(H2-,48,50,51,59,60,61,62)/p+1. The number of nitrogens with one attached hydrogen (secondary N) is 2. The van der Waals surface area contributed by atoms with Gasteiger partial charge in [0.1, 0.15) is 0 Å². The number of fused-ring (bicyclic) bond motifs is 1. The van der Waals surface area contributed by atoms with E-state index in [9.17, 15) is 37.5 Å². The van der Waals surface area contributed by atoms with Crippen LogP contribution >= 0.6 is 11.6 Å². The molecule has 1 saturated heterocycles. The Balaban J connectivity index is 1.05. The molecule has 332 valence electrons. The van der Waals surface area contributed by atoms with Crippen LogP contribution in [0.15, 0.2) is 55.0 Å². The number of aliphatic carboxylic acids is 1. The molecule has 1 aliphatic heterocycles. The molecule has 1 fully saturated rings. The molecule has 1 aliphatic rings. The fourth-order valence-electron chi connectivity index (χ4n) is 7.86. The topological polar surface area (TPSA) is 223 Å². The number of nitrogens with two attached hydrogens (primary N) is 2. The monoisotopic (exact) mass is 883 g/mol. The second kappa shape index (κ2) is 19.9. The number of carboxylic acids is 1. The summed E-state index contributed by atoms with van der Waals surface area (Å²) in [5, 5.41) is 16.2. The molecule has 0 saturated carbocycles. The van der Waals surface area contributed by atoms with E-state index in [0.29, 0.717) is 67.8 Å². The lowest BCUT2D eigenvalue weighted by atomic mass is 10.1. The number of unbranched alkanes of at least 4 members (excludes halogenated alkanes) is 2. The molecule has 0 spiro atoms. The van der Waals surface area contributed by atoms with Crippen LogP contribution in [0.2, 0.25) is 5.02 Å². The summed E-state index contributed by atoms with van der Waals surface area (Å²) in [5.41, 5.74) is 11.5. The summed E-state index contributed by atoms with van der Waals surface area (Å²) in [5.74, 6) is -2.07. The van der Waals surface area contributed by atoms with Crippen LogP contribution in [-0.2, 0) is 22.8 Å². The third-order valence-corrected chi connectivity index (χ3v) is 11.4. The number of nitrogens with zero attached hydrogens (tertiary/aromatic N) is 8. The first-order chi connectivity index (χ1) is 29.6. The second-order valence-corrected chi connectivity index (χ2v) is 15.8. The van der Waals surface area contributed by atoms with Crippen molar-refractivity contribution in [2.45, 2.75) is 44.7 Å². The summed E-state index contributed by atoms with van der Waals surface area (Å²) >= 11 is 6.55. The highest BCUT2D eigenvalue weighted by Gasteiger charge is 2.39. The number of anilines is 1. The second-order valence-electron chi connectivity index (χ2n) is 15.4. The van der Waals surface area contributed by atoms with Crippen LogP contribution in [0.1, 0.15) is 65.2 Å². The van der Waals surface area contributed by atoms with Crippen molar-refractivity contribution in [3.8, 4) is 17.1 Å². The van der Waals surface area contributed by atoms with Gasteiger partial charge in [0.15, 0.2) is 23.9 Å². The number of halogens is 4. The van der Waals surface area contributed by atoms with Crippen LogP contribution in [-0.4, -0.2) is 138 Å². The molecule has 1 aromatic carbocycles. The Hall–Kier alpha value is -5.83. The summed E-state index contributed by atoms with van der Waals surface area (Å²) in [6, 6.07) is 9.24. The van der Waals surface area contributed by atoms with Crippen molar-refractivity contribution < 1.29 is 41.9 Å². The van der Waals surface area contributed by atoms with E-state index in [1.54, 1.807) is 28.1 Å². The molecule has 0 aliphatic carbocycles. The fourth-order valence-corrected chi connectivity index (χ4v) is 8.12. The highest BCUT2D eigenvalue weighted by molar-refractivity contribution is 6.34. The highest BCUT2D eigenvalue weighted by atomic mass is 35.5. The molecule has 6 rings (SSSR count). The molecule has 0 bridgehead atoms. The first-order valence-corrected chi connectivity index (χ1v) is 20.8. The lowest BCUT2D eigenvalue weighted by Crippen LogP contribution is -2.54. The largest absolute Gasteiger partial charge is 0.477 e. The van der Waals surface area contributed by atoms with Crippen LogP contribution in [0.3, 0.4) is 0 Å². The third-order valence-electron chi connectivity index (χ3n) is 11.1. The Morgan fingerprint density at radius 1 is 0.935 bits per heavy atom. The lowest BCUT2D eigenvalue weighted by molar-refractivity contribution is -0.922. The SMILES string of the molecule is Cn1c(-c2cn(-c3ccc4[nH]ccc4n3)nc2C(F)(F)F)cnc1C(=O)Nc1ccc(C(=O)N2CCN(C(=O)CCC[N+](CCCCN)(CCCCN)CC(=O)O)CC2)c(Cl)c1. The van der Waals surface area contributed by atoms with E-state index in [1.807, 2.05) is 0 Å². The molecule has 5 heterocycles. The van der Waals surface area contributed by atoms with Gasteiger partial charge in [-0.15, -0.1) is 0 Å². The Morgan fingerprint density at radius 3 is 2.26 bits per heavy atom. The molecule has 0 radical (unpaired) electrons. The van der Waals surface area contributed by atoms with Crippen molar-refractivity contribution in [2.24, 2.45) is 18.5 Å². The van der Waals surface area contributed by atoms with Gasteiger partial charge in [-0.25, -0.2) is 19.4 Å². The number of rotatable bonds is 19. The van der Waals surface area contributed by atoms with Crippen molar-refractivity contribution in [3.63, 3.8) is 0 Å². The number of quaternary nitrogens is 1. The summed E-state index contributed by atoms with van der Waals surface area (Å²) in [6.45, 7) is 4.07. The van der Waals surface area contributed by atoms with E-state index in [0.717, 1.165) is 36.6 Å². The van der Waals surface area contributed by atoms with Gasteiger partial charge >= 0.3 is 12.1 Å². The molecule has 62 heavy (non-hydrogen) atoms. The zero-order chi connectivity index (χ0) is 44.6. The van der Waals surface area contributed by atoms with Crippen LogP contribution in [0.5, 0.6) is 0 Å². The predicted octanol–water partition coefficient (Wildman–Crippen LogP) is 4.52. The van der Waals surface area contributed by atoms with Crippen LogP contribution < -0.4 is 16.8 Å². The van der Waals surface area contributed by atoms with Crippen molar-refractivity contribution in [1.82, 2.24) is 39.1 Å². The minimum Gasteiger partial charge on any atom is -0.477 e. The van der Waals surface area contributed by atoms with Crippen molar-refractivity contribution >= 4 is 52.0 Å². The molecular formula is C41H51ClF3N12O5+. The Morgan fingerprint density at radius 2 is 1.61 bits per heavy atom. The number of benzene rings is 1. The molecule has 5 aromatic rings. The van der Waals surface area contributed by atoms with Crippen molar-refractivity contribution in [1.29, 1.82) is 0 Å². The van der Waals surface area contributed by atoms with Crippen LogP contribution in [0.4, 0.5) is 18.9 Å². The van der Waals surface area contributed by atoms with E-state index in [-0.39, 0.29) is 77.0 Å². The van der Waals surface area contributed by atoms with Crippen molar-refractivity contribution in [3.05, 3.63) is 77.1 Å².